The summed E-state index contributed by atoms with van der Waals surface area (Å²) in [4.78, 5) is 37.1. The molecule has 0 bridgehead atoms. The average molecular weight is 536 g/mol. The van der Waals surface area contributed by atoms with Crippen molar-refractivity contribution in [2.75, 3.05) is 7.11 Å². The number of nitrogens with zero attached hydrogens (tertiary/aromatic N) is 1. The zero-order valence-corrected chi connectivity index (χ0v) is 22.6. The minimum atomic E-state index is -1.17. The number of rotatable bonds is 12. The Balaban J connectivity index is 2.09. The van der Waals surface area contributed by atoms with Gasteiger partial charge in [0.15, 0.2) is 0 Å². The summed E-state index contributed by atoms with van der Waals surface area (Å²) in [5.74, 6) is -1.63. The average Bonchev–Trinajstić information content (AvgIpc) is 2.90. The van der Waals surface area contributed by atoms with E-state index in [1.54, 1.807) is 29.8 Å². The number of benzene rings is 2. The Kier molecular flexibility index (Phi) is 10.5. The number of aromatic nitrogens is 1. The first-order valence-electron chi connectivity index (χ1n) is 12.7. The third kappa shape index (κ3) is 7.81. The highest BCUT2D eigenvalue weighted by atomic mass is 19.1. The molecule has 0 saturated heterocycles. The van der Waals surface area contributed by atoms with Crippen LogP contribution in [0.15, 0.2) is 65.5 Å². The second-order valence-electron chi connectivity index (χ2n) is 9.58. The number of methoxy groups -OCH3 is 1. The Morgan fingerprint density at radius 3 is 2.33 bits per heavy atom. The second-order valence-corrected chi connectivity index (χ2v) is 9.58. The van der Waals surface area contributed by atoms with E-state index in [4.69, 9.17) is 4.74 Å². The number of halogens is 1. The zero-order valence-electron chi connectivity index (χ0n) is 22.6. The summed E-state index contributed by atoms with van der Waals surface area (Å²) in [6, 6.07) is 15.4. The van der Waals surface area contributed by atoms with E-state index in [9.17, 15) is 23.9 Å². The fourth-order valence-electron chi connectivity index (χ4n) is 4.50. The van der Waals surface area contributed by atoms with Gasteiger partial charge in [-0.2, -0.15) is 0 Å². The fraction of sp³-hybridized carbons (Fsp3) is 0.323. The number of aliphatic hydroxyl groups is 1. The van der Waals surface area contributed by atoms with Crippen molar-refractivity contribution in [2.45, 2.75) is 51.9 Å². The number of pyridine rings is 1. The summed E-state index contributed by atoms with van der Waals surface area (Å²) in [6.07, 6.45) is 1.26. The van der Waals surface area contributed by atoms with Crippen molar-refractivity contribution in [3.63, 3.8) is 0 Å². The molecular formula is C31H34FNO6. The van der Waals surface area contributed by atoms with Crippen LogP contribution < -0.4 is 5.56 Å². The van der Waals surface area contributed by atoms with Crippen molar-refractivity contribution in [1.29, 1.82) is 0 Å². The number of carbonyl (C=O) groups excluding carboxylic acids is 2. The van der Waals surface area contributed by atoms with Crippen LogP contribution in [0.25, 0.3) is 17.2 Å². The third-order valence-corrected chi connectivity index (χ3v) is 6.30. The third-order valence-electron chi connectivity index (χ3n) is 6.30. The normalized spacial score (nSPS) is 12.2. The molecule has 0 amide bonds. The summed E-state index contributed by atoms with van der Waals surface area (Å²) in [6.45, 7) is 4.20. The van der Waals surface area contributed by atoms with Gasteiger partial charge in [0.25, 0.3) is 5.56 Å². The van der Waals surface area contributed by atoms with Gasteiger partial charge in [-0.15, -0.1) is 0 Å². The fourth-order valence-corrected chi connectivity index (χ4v) is 4.50. The van der Waals surface area contributed by atoms with E-state index in [2.05, 4.69) is 4.74 Å². The number of ether oxygens (including phenoxy) is 2. The van der Waals surface area contributed by atoms with Gasteiger partial charge in [-0.1, -0.05) is 68.5 Å². The summed E-state index contributed by atoms with van der Waals surface area (Å²) in [5.41, 5.74) is 3.64. The summed E-state index contributed by atoms with van der Waals surface area (Å²) in [5, 5.41) is 10.6. The number of ketones is 1. The molecule has 7 nitrogen and oxygen atoms in total. The van der Waals surface area contributed by atoms with Gasteiger partial charge < -0.3 is 19.1 Å². The molecule has 1 atom stereocenters. The number of hydrogen-bond donors (Lipinski definition) is 1. The van der Waals surface area contributed by atoms with Crippen molar-refractivity contribution >= 4 is 17.8 Å². The van der Waals surface area contributed by atoms with Crippen LogP contribution in [-0.4, -0.2) is 34.6 Å². The molecular weight excluding hydrogens is 501 g/mol. The molecule has 0 aliphatic heterocycles. The van der Waals surface area contributed by atoms with E-state index in [0.29, 0.717) is 34.6 Å². The zero-order chi connectivity index (χ0) is 28.5. The van der Waals surface area contributed by atoms with Gasteiger partial charge in [0.05, 0.1) is 32.0 Å². The molecule has 2 aromatic carbocycles. The van der Waals surface area contributed by atoms with Gasteiger partial charge in [-0.05, 0) is 29.2 Å². The first kappa shape index (κ1) is 29.7. The van der Waals surface area contributed by atoms with Crippen LogP contribution in [0, 0.1) is 5.82 Å². The van der Waals surface area contributed by atoms with E-state index in [0.717, 1.165) is 5.56 Å². The summed E-state index contributed by atoms with van der Waals surface area (Å²) >= 11 is 0. The lowest BCUT2D eigenvalue weighted by molar-refractivity contribution is -0.143. The van der Waals surface area contributed by atoms with Crippen LogP contribution >= 0.6 is 0 Å². The van der Waals surface area contributed by atoms with Gasteiger partial charge in [-0.25, -0.2) is 4.39 Å². The van der Waals surface area contributed by atoms with Crippen LogP contribution in [0.4, 0.5) is 4.39 Å². The largest absolute Gasteiger partial charge is 0.469 e. The second kappa shape index (κ2) is 13.8. The molecule has 1 aromatic heterocycles. The predicted octanol–water partition coefficient (Wildman–Crippen LogP) is 4.93. The quantitative estimate of drug-likeness (QED) is 0.261. The lowest BCUT2D eigenvalue weighted by Gasteiger charge is -2.23. The standard InChI is InChI=1S/C31H34FNO6/c1-20(2)30-26(15-14-24(34)16-25(35)17-28(36)38-4)29(22-10-12-23(32)13-11-22)27(31(37)33(30)3)19-39-18-21-8-6-5-7-9-21/h5-15,20,24,34H,16-19H2,1-4H3. The molecule has 0 aliphatic carbocycles. The molecule has 0 radical (unpaired) electrons. The summed E-state index contributed by atoms with van der Waals surface area (Å²) < 4.78 is 25.9. The van der Waals surface area contributed by atoms with E-state index in [-0.39, 0.29) is 24.5 Å². The first-order valence-corrected chi connectivity index (χ1v) is 12.7. The lowest BCUT2D eigenvalue weighted by atomic mass is 9.90. The van der Waals surface area contributed by atoms with Crippen LogP contribution in [0.5, 0.6) is 0 Å². The highest BCUT2D eigenvalue weighted by molar-refractivity contribution is 5.95. The van der Waals surface area contributed by atoms with Crippen molar-refractivity contribution in [3.05, 3.63) is 99.2 Å². The molecule has 3 rings (SSSR count). The smallest absolute Gasteiger partial charge is 0.313 e. The molecule has 0 fully saturated rings. The van der Waals surface area contributed by atoms with Gasteiger partial charge in [-0.3, -0.25) is 14.4 Å². The molecule has 39 heavy (non-hydrogen) atoms. The number of esters is 1. The van der Waals surface area contributed by atoms with Gasteiger partial charge in [0, 0.05) is 30.3 Å². The highest BCUT2D eigenvalue weighted by Crippen LogP contribution is 2.33. The molecule has 0 saturated carbocycles. The molecule has 1 unspecified atom stereocenters. The van der Waals surface area contributed by atoms with E-state index < -0.39 is 30.1 Å². The monoisotopic (exact) mass is 535 g/mol. The molecule has 3 aromatic rings. The van der Waals surface area contributed by atoms with Crippen molar-refractivity contribution in [2.24, 2.45) is 7.05 Å². The lowest BCUT2D eigenvalue weighted by Crippen LogP contribution is -2.28. The van der Waals surface area contributed by atoms with Crippen molar-refractivity contribution in [3.8, 4) is 11.1 Å². The van der Waals surface area contributed by atoms with Crippen LogP contribution in [0.3, 0.4) is 0 Å². The minimum absolute atomic E-state index is 0.00760. The van der Waals surface area contributed by atoms with E-state index in [1.807, 2.05) is 44.2 Å². The first-order chi connectivity index (χ1) is 18.6. The van der Waals surface area contributed by atoms with Gasteiger partial charge >= 0.3 is 5.97 Å². The Morgan fingerprint density at radius 2 is 1.72 bits per heavy atom. The van der Waals surface area contributed by atoms with Crippen LogP contribution in [0.1, 0.15) is 55.0 Å². The van der Waals surface area contributed by atoms with Crippen molar-refractivity contribution in [1.82, 2.24) is 4.57 Å². The Morgan fingerprint density at radius 1 is 1.05 bits per heavy atom. The van der Waals surface area contributed by atoms with Gasteiger partial charge in [0.2, 0.25) is 0 Å². The predicted molar refractivity (Wildman–Crippen MR) is 147 cm³/mol. The van der Waals surface area contributed by atoms with Crippen molar-refractivity contribution < 1.29 is 28.6 Å². The summed E-state index contributed by atoms with van der Waals surface area (Å²) in [7, 11) is 2.87. The number of hydrogen-bond acceptors (Lipinski definition) is 6. The maximum atomic E-state index is 13.8. The van der Waals surface area contributed by atoms with Crippen LogP contribution in [0.2, 0.25) is 0 Å². The molecule has 8 heteroatoms. The van der Waals surface area contributed by atoms with E-state index in [1.165, 1.54) is 25.3 Å². The molecule has 0 spiro atoms. The number of carbonyl (C=O) groups is 2. The molecule has 0 aliphatic rings. The van der Waals surface area contributed by atoms with E-state index >= 15 is 0 Å². The maximum Gasteiger partial charge on any atom is 0.313 e. The molecule has 1 N–H and O–H groups in total. The molecule has 1 heterocycles. The Hall–Kier alpha value is -3.88. The minimum Gasteiger partial charge on any atom is -0.469 e. The number of aliphatic hydroxyl groups excluding tert-OH is 1. The topological polar surface area (TPSA) is 94.8 Å². The Labute approximate surface area is 227 Å². The Bertz CT molecular complexity index is 1380. The number of Topliss-reactive ketones (excluding diaryl/α,β-unsaturated/α-hetero) is 1. The highest BCUT2D eigenvalue weighted by Gasteiger charge is 2.23. The van der Waals surface area contributed by atoms with Gasteiger partial charge in [0.1, 0.15) is 18.0 Å². The molecule has 206 valence electrons. The van der Waals surface area contributed by atoms with Crippen LogP contribution in [-0.2, 0) is 39.3 Å². The maximum absolute atomic E-state index is 13.8. The SMILES string of the molecule is COC(=O)CC(=O)CC(O)C=Cc1c(-c2ccc(F)cc2)c(COCc2ccccc2)c(=O)n(C)c1C(C)C.